The molecule has 0 N–H and O–H groups in total. The second-order valence-corrected chi connectivity index (χ2v) is 5.84. The molecule has 4 rings (SSSR count). The maximum Gasteiger partial charge on any atom is 0.0702 e. The number of hydrogen-bond acceptors (Lipinski definition) is 2. The predicted octanol–water partition coefficient (Wildman–Crippen LogP) is 5.21. The van der Waals surface area contributed by atoms with Crippen molar-refractivity contribution in [2.24, 2.45) is 0 Å². The van der Waals surface area contributed by atoms with Crippen molar-refractivity contribution in [3.05, 3.63) is 108 Å². The second kappa shape index (κ2) is 7.46. The van der Waals surface area contributed by atoms with E-state index in [-0.39, 0.29) is 0 Å². The zero-order valence-electron chi connectivity index (χ0n) is 14.1. The number of hydrogen-bond donors (Lipinski definition) is 0. The highest BCUT2D eigenvalue weighted by molar-refractivity contribution is 5.63. The van der Waals surface area contributed by atoms with Crippen LogP contribution in [0.5, 0.6) is 0 Å². The van der Waals surface area contributed by atoms with Crippen molar-refractivity contribution in [2.75, 3.05) is 0 Å². The maximum absolute atomic E-state index is 4.40. The van der Waals surface area contributed by atoms with Crippen molar-refractivity contribution >= 4 is 0 Å². The van der Waals surface area contributed by atoms with E-state index in [1.54, 1.807) is 12.4 Å². The average Bonchev–Trinajstić information content (AvgIpc) is 2.74. The van der Waals surface area contributed by atoms with Gasteiger partial charge in [0.1, 0.15) is 0 Å². The summed E-state index contributed by atoms with van der Waals surface area (Å²) >= 11 is 0. The first-order valence-corrected chi connectivity index (χ1v) is 8.43. The molecule has 0 bridgehead atoms. The molecule has 0 unspecified atom stereocenters. The van der Waals surface area contributed by atoms with Gasteiger partial charge in [0.25, 0.3) is 0 Å². The number of aromatic nitrogens is 2. The minimum absolute atomic E-state index is 0.952. The molecule has 0 atom stereocenters. The minimum atomic E-state index is 0.952. The Morgan fingerprint density at radius 1 is 0.500 bits per heavy atom. The van der Waals surface area contributed by atoms with Crippen LogP contribution in [-0.2, 0) is 0 Å². The average molecular weight is 332 g/mol. The van der Waals surface area contributed by atoms with E-state index in [4.69, 9.17) is 0 Å². The number of nitrogens with zero attached hydrogens (tertiary/aromatic N) is 2. The van der Waals surface area contributed by atoms with Crippen molar-refractivity contribution in [3.8, 4) is 34.4 Å². The molecule has 0 amide bonds. The Kier molecular flexibility index (Phi) is 4.54. The van der Waals surface area contributed by atoms with Gasteiger partial charge in [-0.15, -0.1) is 0 Å². The zero-order chi connectivity index (χ0) is 17.6. The molecule has 0 fully saturated rings. The van der Waals surface area contributed by atoms with Gasteiger partial charge in [0.05, 0.1) is 11.4 Å². The normalized spacial score (nSPS) is 10.0. The van der Waals surface area contributed by atoms with Crippen molar-refractivity contribution in [1.29, 1.82) is 0 Å². The van der Waals surface area contributed by atoms with Crippen molar-refractivity contribution in [3.63, 3.8) is 0 Å². The molecule has 2 aromatic carbocycles. The summed E-state index contributed by atoms with van der Waals surface area (Å²) in [5.41, 5.74) is 5.98. The van der Waals surface area contributed by atoms with Crippen LogP contribution in [0.25, 0.3) is 22.5 Å². The smallest absolute Gasteiger partial charge is 0.0702 e. The molecule has 2 aromatic heterocycles. The monoisotopic (exact) mass is 332 g/mol. The molecule has 4 aromatic rings. The summed E-state index contributed by atoms with van der Waals surface area (Å²) in [4.78, 5) is 8.80. The van der Waals surface area contributed by atoms with Crippen LogP contribution in [0, 0.1) is 11.8 Å². The van der Waals surface area contributed by atoms with E-state index < -0.39 is 0 Å². The van der Waals surface area contributed by atoms with Crippen LogP contribution in [0.2, 0.25) is 0 Å². The van der Waals surface area contributed by atoms with E-state index in [0.717, 1.165) is 33.6 Å². The lowest BCUT2D eigenvalue weighted by Gasteiger charge is -2.01. The summed E-state index contributed by atoms with van der Waals surface area (Å²) < 4.78 is 0. The fourth-order valence-electron chi connectivity index (χ4n) is 2.72. The van der Waals surface area contributed by atoms with Crippen LogP contribution in [0.1, 0.15) is 11.1 Å². The van der Waals surface area contributed by atoms with Gasteiger partial charge in [-0.25, -0.2) is 0 Å². The molecule has 2 heterocycles. The largest absolute Gasteiger partial charge is 0.256 e. The summed E-state index contributed by atoms with van der Waals surface area (Å²) in [5.74, 6) is 6.50. The van der Waals surface area contributed by atoms with Crippen LogP contribution < -0.4 is 0 Å². The van der Waals surface area contributed by atoms with Crippen molar-refractivity contribution in [1.82, 2.24) is 9.97 Å². The highest BCUT2D eigenvalue weighted by Crippen LogP contribution is 2.19. The SMILES string of the molecule is C(#Cc1cccc(-c2ccccn2)c1)c1cccc(-c2ccccn2)c1. The molecule has 0 radical (unpaired) electrons. The molecule has 26 heavy (non-hydrogen) atoms. The second-order valence-electron chi connectivity index (χ2n) is 5.84. The maximum atomic E-state index is 4.40. The van der Waals surface area contributed by atoms with E-state index in [0.29, 0.717) is 0 Å². The molecule has 0 spiro atoms. The molecule has 0 saturated carbocycles. The minimum Gasteiger partial charge on any atom is -0.256 e. The summed E-state index contributed by atoms with van der Waals surface area (Å²) in [6.07, 6.45) is 3.60. The van der Waals surface area contributed by atoms with E-state index in [1.165, 1.54) is 0 Å². The first kappa shape index (κ1) is 15.8. The summed E-state index contributed by atoms with van der Waals surface area (Å²) in [6, 6.07) is 28.1. The molecular weight excluding hydrogens is 316 g/mol. The lowest BCUT2D eigenvalue weighted by Crippen LogP contribution is -1.84. The van der Waals surface area contributed by atoms with Gasteiger partial charge in [-0.2, -0.15) is 0 Å². The van der Waals surface area contributed by atoms with Gasteiger partial charge in [0, 0.05) is 34.6 Å². The number of pyridine rings is 2. The van der Waals surface area contributed by atoms with Crippen LogP contribution >= 0.6 is 0 Å². The Labute approximate surface area is 153 Å². The Hall–Kier alpha value is -3.70. The van der Waals surface area contributed by atoms with Crippen molar-refractivity contribution < 1.29 is 0 Å². The van der Waals surface area contributed by atoms with Crippen molar-refractivity contribution in [2.45, 2.75) is 0 Å². The summed E-state index contributed by atoms with van der Waals surface area (Å²) in [5, 5.41) is 0. The molecule has 0 aliphatic carbocycles. The van der Waals surface area contributed by atoms with E-state index in [9.17, 15) is 0 Å². The first-order chi connectivity index (χ1) is 12.9. The zero-order valence-corrected chi connectivity index (χ0v) is 14.1. The van der Waals surface area contributed by atoms with E-state index in [1.807, 2.05) is 60.7 Å². The fourth-order valence-corrected chi connectivity index (χ4v) is 2.72. The van der Waals surface area contributed by atoms with Gasteiger partial charge in [-0.1, -0.05) is 48.2 Å². The first-order valence-electron chi connectivity index (χ1n) is 8.43. The quantitative estimate of drug-likeness (QED) is 0.471. The Bertz CT molecular complexity index is 988. The van der Waals surface area contributed by atoms with Gasteiger partial charge in [0.2, 0.25) is 0 Å². The third-order valence-electron chi connectivity index (χ3n) is 4.00. The van der Waals surface area contributed by atoms with Gasteiger partial charge in [-0.3, -0.25) is 9.97 Å². The predicted molar refractivity (Wildman–Crippen MR) is 105 cm³/mol. The number of benzene rings is 2. The lowest BCUT2D eigenvalue weighted by molar-refractivity contribution is 1.32. The molecule has 0 aliphatic heterocycles. The summed E-state index contributed by atoms with van der Waals surface area (Å²) in [6.45, 7) is 0. The van der Waals surface area contributed by atoms with Crippen LogP contribution in [0.3, 0.4) is 0 Å². The Morgan fingerprint density at radius 3 is 1.42 bits per heavy atom. The van der Waals surface area contributed by atoms with Crippen LogP contribution in [0.15, 0.2) is 97.3 Å². The topological polar surface area (TPSA) is 25.8 Å². The molecule has 0 saturated heterocycles. The van der Waals surface area contributed by atoms with Gasteiger partial charge < -0.3 is 0 Å². The highest BCUT2D eigenvalue weighted by Gasteiger charge is 2.00. The fraction of sp³-hybridized carbons (Fsp3) is 0. The molecule has 122 valence electrons. The standard InChI is InChI=1S/C24H16N2/c1-3-15-25-23(11-1)21-9-5-7-19(17-21)13-14-20-8-6-10-22(18-20)24-12-2-4-16-26-24/h1-12,15-18H. The van der Waals surface area contributed by atoms with Crippen LogP contribution in [0.4, 0.5) is 0 Å². The third-order valence-corrected chi connectivity index (χ3v) is 4.00. The Morgan fingerprint density at radius 2 is 1.00 bits per heavy atom. The highest BCUT2D eigenvalue weighted by atomic mass is 14.7. The molecule has 0 aliphatic rings. The van der Waals surface area contributed by atoms with Crippen LogP contribution in [-0.4, -0.2) is 9.97 Å². The summed E-state index contributed by atoms with van der Waals surface area (Å²) in [7, 11) is 0. The van der Waals surface area contributed by atoms with Gasteiger partial charge in [0.15, 0.2) is 0 Å². The third kappa shape index (κ3) is 3.68. The molecule has 2 heteroatoms. The number of rotatable bonds is 2. The van der Waals surface area contributed by atoms with Gasteiger partial charge in [-0.05, 0) is 48.5 Å². The van der Waals surface area contributed by atoms with Gasteiger partial charge >= 0.3 is 0 Å². The molecular formula is C24H16N2. The lowest BCUT2D eigenvalue weighted by atomic mass is 10.1. The van der Waals surface area contributed by atoms with E-state index >= 15 is 0 Å². The Balaban J connectivity index is 1.63. The molecule has 2 nitrogen and oxygen atoms in total. The van der Waals surface area contributed by atoms with E-state index in [2.05, 4.69) is 46.1 Å².